The van der Waals surface area contributed by atoms with Crippen molar-refractivity contribution in [1.29, 1.82) is 0 Å². The van der Waals surface area contributed by atoms with E-state index in [1.165, 1.54) is 4.90 Å². The van der Waals surface area contributed by atoms with E-state index in [4.69, 9.17) is 28.6 Å². The largest absolute Gasteiger partial charge is 0.494 e. The van der Waals surface area contributed by atoms with Gasteiger partial charge in [-0.2, -0.15) is 0 Å². The number of nitrogens with zero attached hydrogens (tertiary/aromatic N) is 2. The van der Waals surface area contributed by atoms with Crippen molar-refractivity contribution in [2.45, 2.75) is 32.9 Å². The lowest BCUT2D eigenvalue weighted by atomic mass is 10.1. The molecule has 0 aliphatic carbocycles. The van der Waals surface area contributed by atoms with Crippen molar-refractivity contribution in [3.8, 4) is 5.75 Å². The molecule has 30 heavy (non-hydrogen) atoms. The van der Waals surface area contributed by atoms with E-state index in [-0.39, 0.29) is 18.2 Å². The van der Waals surface area contributed by atoms with Crippen LogP contribution < -0.4 is 10.1 Å². The third-order valence-electron chi connectivity index (χ3n) is 4.83. The second-order valence-corrected chi connectivity index (χ2v) is 7.59. The zero-order valence-corrected chi connectivity index (χ0v) is 18.5. The molecule has 1 aliphatic rings. The summed E-state index contributed by atoms with van der Waals surface area (Å²) < 4.78 is 5.47. The van der Waals surface area contributed by atoms with Crippen LogP contribution in [-0.2, 0) is 16.1 Å². The maximum absolute atomic E-state index is 12.9. The number of carbonyl (C=O) groups excluding carboxylic acids is 2. The van der Waals surface area contributed by atoms with E-state index in [1.807, 2.05) is 38.1 Å². The van der Waals surface area contributed by atoms with Gasteiger partial charge in [0.2, 0.25) is 5.91 Å². The number of benzene rings is 2. The first kappa shape index (κ1) is 22.1. The summed E-state index contributed by atoms with van der Waals surface area (Å²) in [5.41, 5.74) is 1.46. The molecule has 0 bridgehead atoms. The Morgan fingerprint density at radius 1 is 1.20 bits per heavy atom. The SMILES string of the molecule is CCOc1cccc(NC(=O)CC2C(=O)N(CC)C(=S)N2Cc2ccccc2Cl)c1. The summed E-state index contributed by atoms with van der Waals surface area (Å²) in [5.74, 6) is 0.227. The molecule has 2 amide bonds. The zero-order valence-electron chi connectivity index (χ0n) is 16.9. The van der Waals surface area contributed by atoms with Gasteiger partial charge in [-0.1, -0.05) is 35.9 Å². The Hall–Kier alpha value is -2.64. The number of nitrogens with one attached hydrogen (secondary N) is 1. The molecule has 1 aliphatic heterocycles. The van der Waals surface area contributed by atoms with Gasteiger partial charge in [0.05, 0.1) is 13.0 Å². The lowest BCUT2D eigenvalue weighted by molar-refractivity contribution is -0.130. The van der Waals surface area contributed by atoms with Gasteiger partial charge in [0.25, 0.3) is 5.91 Å². The highest BCUT2D eigenvalue weighted by atomic mass is 35.5. The van der Waals surface area contributed by atoms with E-state index < -0.39 is 6.04 Å². The fourth-order valence-electron chi connectivity index (χ4n) is 3.39. The minimum atomic E-state index is -0.677. The fraction of sp³-hybridized carbons (Fsp3) is 0.318. The second kappa shape index (κ2) is 9.91. The number of thiocarbonyl (C=S) groups is 1. The normalized spacial score (nSPS) is 16.2. The van der Waals surface area contributed by atoms with E-state index in [2.05, 4.69) is 5.32 Å². The molecule has 158 valence electrons. The number of likely N-dealkylation sites (N-methyl/N-ethyl adjacent to an activating group) is 1. The van der Waals surface area contributed by atoms with Gasteiger partial charge in [-0.05, 0) is 49.8 Å². The van der Waals surface area contributed by atoms with Gasteiger partial charge in [-0.3, -0.25) is 14.5 Å². The van der Waals surface area contributed by atoms with Crippen molar-refractivity contribution in [3.63, 3.8) is 0 Å². The molecule has 3 rings (SSSR count). The Morgan fingerprint density at radius 3 is 2.67 bits per heavy atom. The number of amides is 2. The number of anilines is 1. The average molecular weight is 446 g/mol. The average Bonchev–Trinajstić information content (AvgIpc) is 2.93. The number of hydrogen-bond donors (Lipinski definition) is 1. The Bertz CT molecular complexity index is 953. The molecule has 1 unspecified atom stereocenters. The monoisotopic (exact) mass is 445 g/mol. The molecule has 2 aromatic rings. The highest BCUT2D eigenvalue weighted by molar-refractivity contribution is 7.80. The van der Waals surface area contributed by atoms with Gasteiger partial charge in [0.15, 0.2) is 5.11 Å². The van der Waals surface area contributed by atoms with Crippen molar-refractivity contribution in [3.05, 3.63) is 59.1 Å². The van der Waals surface area contributed by atoms with Crippen LogP contribution in [-0.4, -0.2) is 45.9 Å². The molecule has 0 aromatic heterocycles. The van der Waals surface area contributed by atoms with E-state index in [9.17, 15) is 9.59 Å². The van der Waals surface area contributed by atoms with Gasteiger partial charge in [-0.15, -0.1) is 0 Å². The summed E-state index contributed by atoms with van der Waals surface area (Å²) in [6.07, 6.45) is -0.0151. The molecule has 6 nitrogen and oxygen atoms in total. The third kappa shape index (κ3) is 4.91. The summed E-state index contributed by atoms with van der Waals surface area (Å²) in [6, 6.07) is 13.9. The molecule has 1 saturated heterocycles. The molecule has 1 heterocycles. The van der Waals surface area contributed by atoms with Gasteiger partial charge in [-0.25, -0.2) is 0 Å². The van der Waals surface area contributed by atoms with Crippen LogP contribution in [0.1, 0.15) is 25.8 Å². The summed E-state index contributed by atoms with van der Waals surface area (Å²) in [6.45, 7) is 5.10. The maximum Gasteiger partial charge on any atom is 0.252 e. The molecular weight excluding hydrogens is 422 g/mol. The standard InChI is InChI=1S/C22H24ClN3O3S/c1-3-25-21(28)19(26(22(25)30)14-15-8-5-6-11-18(15)23)13-20(27)24-16-9-7-10-17(12-16)29-4-2/h5-12,19H,3-4,13-14H2,1-2H3,(H,24,27). The van der Waals surface area contributed by atoms with E-state index in [0.717, 1.165) is 5.56 Å². The minimum absolute atomic E-state index is 0.0151. The number of rotatable bonds is 8. The van der Waals surface area contributed by atoms with Gasteiger partial charge in [0, 0.05) is 29.9 Å². The first-order valence-corrected chi connectivity index (χ1v) is 10.6. The minimum Gasteiger partial charge on any atom is -0.494 e. The van der Waals surface area contributed by atoms with Gasteiger partial charge < -0.3 is 15.0 Å². The maximum atomic E-state index is 12.9. The second-order valence-electron chi connectivity index (χ2n) is 6.81. The Kier molecular flexibility index (Phi) is 7.29. The molecule has 0 saturated carbocycles. The topological polar surface area (TPSA) is 61.9 Å². The smallest absolute Gasteiger partial charge is 0.252 e. The van der Waals surface area contributed by atoms with Crippen LogP contribution in [0.15, 0.2) is 48.5 Å². The predicted molar refractivity (Wildman–Crippen MR) is 122 cm³/mol. The van der Waals surface area contributed by atoms with Crippen LogP contribution in [0.5, 0.6) is 5.75 Å². The molecular formula is C22H24ClN3O3S. The molecule has 1 fully saturated rings. The number of ether oxygens (including phenoxy) is 1. The van der Waals surface area contributed by atoms with E-state index in [1.54, 1.807) is 29.2 Å². The lowest BCUT2D eigenvalue weighted by Crippen LogP contribution is -2.37. The third-order valence-corrected chi connectivity index (χ3v) is 5.65. The number of carbonyl (C=O) groups is 2. The van der Waals surface area contributed by atoms with Crippen LogP contribution in [0.3, 0.4) is 0 Å². The quantitative estimate of drug-likeness (QED) is 0.620. The van der Waals surface area contributed by atoms with Crippen LogP contribution >= 0.6 is 23.8 Å². The summed E-state index contributed by atoms with van der Waals surface area (Å²) >= 11 is 11.8. The van der Waals surface area contributed by atoms with Crippen LogP contribution in [0.2, 0.25) is 5.02 Å². The van der Waals surface area contributed by atoms with Gasteiger partial charge in [0.1, 0.15) is 11.8 Å². The van der Waals surface area contributed by atoms with Gasteiger partial charge >= 0.3 is 0 Å². The lowest BCUT2D eigenvalue weighted by Gasteiger charge is -2.24. The predicted octanol–water partition coefficient (Wildman–Crippen LogP) is 4.09. The summed E-state index contributed by atoms with van der Waals surface area (Å²) in [5, 5.41) is 3.86. The first-order chi connectivity index (χ1) is 14.4. The Morgan fingerprint density at radius 2 is 1.97 bits per heavy atom. The van der Waals surface area contributed by atoms with Crippen molar-refractivity contribution < 1.29 is 14.3 Å². The van der Waals surface area contributed by atoms with E-state index in [0.29, 0.717) is 41.3 Å². The number of hydrogen-bond acceptors (Lipinski definition) is 4. The molecule has 8 heteroatoms. The highest BCUT2D eigenvalue weighted by Crippen LogP contribution is 2.26. The zero-order chi connectivity index (χ0) is 21.7. The van der Waals surface area contributed by atoms with Crippen LogP contribution in [0, 0.1) is 0 Å². The summed E-state index contributed by atoms with van der Waals surface area (Å²) in [7, 11) is 0. The van der Waals surface area contributed by atoms with Crippen LogP contribution in [0.4, 0.5) is 5.69 Å². The fourth-order valence-corrected chi connectivity index (χ4v) is 4.00. The van der Waals surface area contributed by atoms with E-state index >= 15 is 0 Å². The van der Waals surface area contributed by atoms with Crippen molar-refractivity contribution in [2.24, 2.45) is 0 Å². The van der Waals surface area contributed by atoms with Crippen molar-refractivity contribution >= 4 is 46.4 Å². The summed E-state index contributed by atoms with van der Waals surface area (Å²) in [4.78, 5) is 29.0. The highest BCUT2D eigenvalue weighted by Gasteiger charge is 2.42. The Balaban J connectivity index is 1.76. The molecule has 1 atom stereocenters. The van der Waals surface area contributed by atoms with Crippen LogP contribution in [0.25, 0.3) is 0 Å². The Labute approximate surface area is 186 Å². The number of halogens is 1. The molecule has 0 spiro atoms. The molecule has 0 radical (unpaired) electrons. The first-order valence-electron chi connectivity index (χ1n) is 9.82. The molecule has 1 N–H and O–H groups in total. The van der Waals surface area contributed by atoms with Crippen molar-refractivity contribution in [1.82, 2.24) is 9.80 Å². The molecule has 2 aromatic carbocycles. The van der Waals surface area contributed by atoms with Crippen molar-refractivity contribution in [2.75, 3.05) is 18.5 Å².